The first-order chi connectivity index (χ1) is 5.95. The van der Waals surface area contributed by atoms with Crippen molar-refractivity contribution in [3.8, 4) is 0 Å². The standard InChI is InChI=1S/C6H4N6/c1-4-5(8-2-7-1)10-6-11-9-3-12(4)6/h1-3H,(H,7,8,10,11). The van der Waals surface area contributed by atoms with Gasteiger partial charge in [-0.2, -0.15) is 0 Å². The molecule has 12 heavy (non-hydrogen) atoms. The lowest BCUT2D eigenvalue weighted by Crippen LogP contribution is -1.80. The van der Waals surface area contributed by atoms with Crippen LogP contribution < -0.4 is 0 Å². The van der Waals surface area contributed by atoms with Crippen LogP contribution in [0.5, 0.6) is 0 Å². The van der Waals surface area contributed by atoms with E-state index in [4.69, 9.17) is 0 Å². The SMILES string of the molecule is c1ncc2c(n1)[nH]c1nncn12. The van der Waals surface area contributed by atoms with Gasteiger partial charge < -0.3 is 4.98 Å². The lowest BCUT2D eigenvalue weighted by molar-refractivity contribution is 1.09. The Morgan fingerprint density at radius 3 is 3.42 bits per heavy atom. The van der Waals surface area contributed by atoms with E-state index in [1.165, 1.54) is 6.33 Å². The van der Waals surface area contributed by atoms with Crippen molar-refractivity contribution in [2.75, 3.05) is 0 Å². The monoisotopic (exact) mass is 160 g/mol. The van der Waals surface area contributed by atoms with Crippen LogP contribution in [-0.2, 0) is 0 Å². The minimum Gasteiger partial charge on any atom is -0.307 e. The molecule has 0 aliphatic carbocycles. The Balaban J connectivity index is 2.68. The first-order valence-electron chi connectivity index (χ1n) is 3.42. The molecule has 3 rings (SSSR count). The van der Waals surface area contributed by atoms with Crippen molar-refractivity contribution in [3.63, 3.8) is 0 Å². The van der Waals surface area contributed by atoms with Gasteiger partial charge in [0, 0.05) is 0 Å². The van der Waals surface area contributed by atoms with Crippen LogP contribution in [0.3, 0.4) is 0 Å². The third-order valence-corrected chi connectivity index (χ3v) is 1.73. The first-order valence-corrected chi connectivity index (χ1v) is 3.42. The highest BCUT2D eigenvalue weighted by atomic mass is 15.3. The molecule has 6 nitrogen and oxygen atoms in total. The summed E-state index contributed by atoms with van der Waals surface area (Å²) in [6, 6.07) is 0. The van der Waals surface area contributed by atoms with Crippen LogP contribution in [0, 0.1) is 0 Å². The summed E-state index contributed by atoms with van der Waals surface area (Å²) in [5.74, 6) is 0.686. The predicted octanol–water partition coefficient (Wildman–Crippen LogP) is 0.000600. The van der Waals surface area contributed by atoms with Gasteiger partial charge in [0.25, 0.3) is 0 Å². The Hall–Kier alpha value is -1.98. The smallest absolute Gasteiger partial charge is 0.234 e. The van der Waals surface area contributed by atoms with E-state index in [-0.39, 0.29) is 0 Å². The topological polar surface area (TPSA) is 71.8 Å². The van der Waals surface area contributed by atoms with Crippen LogP contribution in [0.1, 0.15) is 0 Å². The summed E-state index contributed by atoms with van der Waals surface area (Å²) < 4.78 is 1.80. The van der Waals surface area contributed by atoms with E-state index in [9.17, 15) is 0 Å². The molecule has 0 saturated heterocycles. The van der Waals surface area contributed by atoms with Gasteiger partial charge in [0.2, 0.25) is 5.78 Å². The molecule has 0 spiro atoms. The van der Waals surface area contributed by atoms with Crippen molar-refractivity contribution < 1.29 is 0 Å². The first kappa shape index (κ1) is 5.64. The van der Waals surface area contributed by atoms with E-state index < -0.39 is 0 Å². The number of H-pyrrole nitrogens is 1. The highest BCUT2D eigenvalue weighted by Gasteiger charge is 2.03. The third kappa shape index (κ3) is 0.541. The van der Waals surface area contributed by atoms with E-state index >= 15 is 0 Å². The lowest BCUT2D eigenvalue weighted by atomic mass is 10.6. The van der Waals surface area contributed by atoms with Crippen molar-refractivity contribution in [1.82, 2.24) is 29.5 Å². The van der Waals surface area contributed by atoms with Crippen molar-refractivity contribution in [3.05, 3.63) is 18.9 Å². The zero-order chi connectivity index (χ0) is 7.97. The maximum Gasteiger partial charge on any atom is 0.234 e. The Morgan fingerprint density at radius 2 is 2.42 bits per heavy atom. The van der Waals surface area contributed by atoms with Crippen molar-refractivity contribution >= 4 is 16.9 Å². The lowest BCUT2D eigenvalue weighted by Gasteiger charge is -1.84. The maximum absolute atomic E-state index is 4.04. The Labute approximate surface area is 66.3 Å². The third-order valence-electron chi connectivity index (χ3n) is 1.73. The fraction of sp³-hybridized carbons (Fsp3) is 0. The summed E-state index contributed by atoms with van der Waals surface area (Å²) >= 11 is 0. The largest absolute Gasteiger partial charge is 0.307 e. The highest BCUT2D eigenvalue weighted by molar-refractivity contribution is 5.73. The number of aromatic amines is 1. The van der Waals surface area contributed by atoms with Gasteiger partial charge in [-0.15, -0.1) is 10.2 Å². The predicted molar refractivity (Wildman–Crippen MR) is 40.4 cm³/mol. The molecule has 0 bridgehead atoms. The average molecular weight is 160 g/mol. The Bertz CT molecular complexity index is 534. The molecule has 1 N–H and O–H groups in total. The molecule has 0 radical (unpaired) electrons. The number of fused-ring (bicyclic) bond motifs is 3. The fourth-order valence-corrected chi connectivity index (χ4v) is 1.20. The van der Waals surface area contributed by atoms with Gasteiger partial charge in [0.15, 0.2) is 5.65 Å². The number of nitrogens with one attached hydrogen (secondary N) is 1. The van der Waals surface area contributed by atoms with Gasteiger partial charge in [-0.25, -0.2) is 9.97 Å². The summed E-state index contributed by atoms with van der Waals surface area (Å²) in [5, 5.41) is 7.58. The molecule has 6 heteroatoms. The summed E-state index contributed by atoms with van der Waals surface area (Å²) in [4.78, 5) is 10.9. The van der Waals surface area contributed by atoms with Gasteiger partial charge in [-0.3, -0.25) is 4.40 Å². The molecule has 58 valence electrons. The molecule has 3 aromatic rings. The molecule has 3 heterocycles. The molecule has 0 amide bonds. The summed E-state index contributed by atoms with van der Waals surface area (Å²) in [6.45, 7) is 0. The number of hydrogen-bond donors (Lipinski definition) is 1. The van der Waals surface area contributed by atoms with E-state index in [1.54, 1.807) is 16.9 Å². The molecule has 0 aliphatic heterocycles. The van der Waals surface area contributed by atoms with Crippen LogP contribution in [0.15, 0.2) is 18.9 Å². The van der Waals surface area contributed by atoms with Crippen LogP contribution in [-0.4, -0.2) is 29.5 Å². The average Bonchev–Trinajstić information content (AvgIpc) is 2.62. The second kappa shape index (κ2) is 1.79. The fourth-order valence-electron chi connectivity index (χ4n) is 1.20. The minimum absolute atomic E-state index is 0.686. The summed E-state index contributed by atoms with van der Waals surface area (Å²) in [6.07, 6.45) is 4.83. The van der Waals surface area contributed by atoms with Gasteiger partial charge in [-0.05, 0) is 0 Å². The zero-order valence-corrected chi connectivity index (χ0v) is 5.97. The molecular weight excluding hydrogens is 156 g/mol. The summed E-state index contributed by atoms with van der Waals surface area (Å²) in [5.41, 5.74) is 1.66. The van der Waals surface area contributed by atoms with E-state index in [0.29, 0.717) is 5.78 Å². The number of rotatable bonds is 0. The molecule has 0 atom stereocenters. The molecule has 0 aromatic carbocycles. The molecule has 0 unspecified atom stereocenters. The Kier molecular flexibility index (Phi) is 0.840. The van der Waals surface area contributed by atoms with Gasteiger partial charge >= 0.3 is 0 Å². The zero-order valence-electron chi connectivity index (χ0n) is 5.97. The molecule has 3 aromatic heterocycles. The minimum atomic E-state index is 0.686. The normalized spacial score (nSPS) is 11.3. The second-order valence-electron chi connectivity index (χ2n) is 2.41. The molecule has 0 aliphatic rings. The van der Waals surface area contributed by atoms with Crippen molar-refractivity contribution in [2.45, 2.75) is 0 Å². The summed E-state index contributed by atoms with van der Waals surface area (Å²) in [7, 11) is 0. The number of aromatic nitrogens is 6. The second-order valence-corrected chi connectivity index (χ2v) is 2.41. The molecule has 0 saturated carbocycles. The quantitative estimate of drug-likeness (QED) is 0.502. The van der Waals surface area contributed by atoms with E-state index in [0.717, 1.165) is 11.2 Å². The molecule has 0 fully saturated rings. The van der Waals surface area contributed by atoms with E-state index in [2.05, 4.69) is 25.1 Å². The molecular formula is C6H4N6. The van der Waals surface area contributed by atoms with Crippen LogP contribution in [0.4, 0.5) is 0 Å². The number of nitrogens with zero attached hydrogens (tertiary/aromatic N) is 5. The van der Waals surface area contributed by atoms with Crippen molar-refractivity contribution in [2.24, 2.45) is 0 Å². The highest BCUT2D eigenvalue weighted by Crippen LogP contribution is 2.09. The van der Waals surface area contributed by atoms with Crippen molar-refractivity contribution in [1.29, 1.82) is 0 Å². The van der Waals surface area contributed by atoms with Gasteiger partial charge in [0.1, 0.15) is 18.2 Å². The Morgan fingerprint density at radius 1 is 1.42 bits per heavy atom. The maximum atomic E-state index is 4.04. The van der Waals surface area contributed by atoms with Crippen LogP contribution in [0.25, 0.3) is 16.9 Å². The van der Waals surface area contributed by atoms with E-state index in [1.807, 2.05) is 0 Å². The van der Waals surface area contributed by atoms with Crippen LogP contribution in [0.2, 0.25) is 0 Å². The van der Waals surface area contributed by atoms with Crippen LogP contribution >= 0.6 is 0 Å². The van der Waals surface area contributed by atoms with Gasteiger partial charge in [0.05, 0.1) is 6.20 Å². The number of imidazole rings is 1. The van der Waals surface area contributed by atoms with Gasteiger partial charge in [-0.1, -0.05) is 0 Å². The number of hydrogen-bond acceptors (Lipinski definition) is 4.